The predicted octanol–water partition coefficient (Wildman–Crippen LogP) is 3.31. The number of aliphatic hydroxyl groups excluding tert-OH is 1. The molecular formula is C25H27NO7. The third-order valence-corrected chi connectivity index (χ3v) is 5.59. The number of aliphatic hydroxyl groups is 1. The fourth-order valence-electron chi connectivity index (χ4n) is 4.12. The molecule has 0 radical (unpaired) electrons. The van der Waals surface area contributed by atoms with Crippen LogP contribution in [0.2, 0.25) is 0 Å². The van der Waals surface area contributed by atoms with Crippen LogP contribution in [0.25, 0.3) is 5.76 Å². The van der Waals surface area contributed by atoms with Gasteiger partial charge < -0.3 is 29.0 Å². The van der Waals surface area contributed by atoms with Gasteiger partial charge in [-0.25, -0.2) is 0 Å². The third kappa shape index (κ3) is 4.52. The first-order valence-electron chi connectivity index (χ1n) is 10.9. The van der Waals surface area contributed by atoms with Crippen LogP contribution in [-0.4, -0.2) is 61.8 Å². The highest BCUT2D eigenvalue weighted by molar-refractivity contribution is 6.46. The fraction of sp³-hybridized carbons (Fsp3) is 0.360. The molecule has 0 aliphatic carbocycles. The lowest BCUT2D eigenvalue weighted by molar-refractivity contribution is -0.140. The van der Waals surface area contributed by atoms with Crippen LogP contribution in [0.1, 0.15) is 30.5 Å². The molecule has 0 aromatic heterocycles. The molecule has 1 fully saturated rings. The van der Waals surface area contributed by atoms with E-state index in [4.69, 9.17) is 18.9 Å². The smallest absolute Gasteiger partial charge is 0.295 e. The minimum absolute atomic E-state index is 0.0303. The molecule has 33 heavy (non-hydrogen) atoms. The number of benzene rings is 2. The predicted molar refractivity (Wildman–Crippen MR) is 121 cm³/mol. The van der Waals surface area contributed by atoms with Gasteiger partial charge in [-0.2, -0.15) is 0 Å². The summed E-state index contributed by atoms with van der Waals surface area (Å²) in [4.78, 5) is 27.6. The Morgan fingerprint density at radius 1 is 1.12 bits per heavy atom. The number of carbonyl (C=O) groups excluding carboxylic acids is 2. The summed E-state index contributed by atoms with van der Waals surface area (Å²) >= 11 is 0. The molecule has 8 nitrogen and oxygen atoms in total. The molecule has 2 aromatic rings. The molecule has 0 spiro atoms. The van der Waals surface area contributed by atoms with E-state index in [1.54, 1.807) is 37.4 Å². The zero-order chi connectivity index (χ0) is 23.4. The normalized spacial score (nSPS) is 19.1. The lowest BCUT2D eigenvalue weighted by Crippen LogP contribution is -2.31. The van der Waals surface area contributed by atoms with Crippen molar-refractivity contribution < 1.29 is 33.6 Å². The van der Waals surface area contributed by atoms with E-state index in [1.165, 1.54) is 4.90 Å². The van der Waals surface area contributed by atoms with E-state index < -0.39 is 17.7 Å². The van der Waals surface area contributed by atoms with E-state index in [0.717, 1.165) is 0 Å². The Labute approximate surface area is 192 Å². The van der Waals surface area contributed by atoms with Gasteiger partial charge in [-0.3, -0.25) is 9.59 Å². The van der Waals surface area contributed by atoms with E-state index in [1.807, 2.05) is 19.1 Å². The summed E-state index contributed by atoms with van der Waals surface area (Å²) < 4.78 is 21.9. The van der Waals surface area contributed by atoms with E-state index in [-0.39, 0.29) is 11.3 Å². The molecule has 2 heterocycles. The average molecular weight is 453 g/mol. The number of rotatable bonds is 8. The number of likely N-dealkylation sites (tertiary alicyclic amines) is 1. The summed E-state index contributed by atoms with van der Waals surface area (Å²) in [6.07, 6.45) is 0.551. The monoisotopic (exact) mass is 453 g/mol. The van der Waals surface area contributed by atoms with Crippen molar-refractivity contribution in [2.45, 2.75) is 19.4 Å². The number of hydrogen-bond acceptors (Lipinski definition) is 7. The highest BCUT2D eigenvalue weighted by atomic mass is 16.6. The second-order valence-corrected chi connectivity index (χ2v) is 7.70. The first-order chi connectivity index (χ1) is 16.0. The van der Waals surface area contributed by atoms with Gasteiger partial charge in [0.05, 0.1) is 18.2 Å². The number of amides is 1. The van der Waals surface area contributed by atoms with Gasteiger partial charge in [-0.05, 0) is 49.2 Å². The topological polar surface area (TPSA) is 94.5 Å². The Bertz CT molecular complexity index is 1080. The van der Waals surface area contributed by atoms with Crippen LogP contribution in [0.5, 0.6) is 17.2 Å². The summed E-state index contributed by atoms with van der Waals surface area (Å²) in [6, 6.07) is 11.4. The van der Waals surface area contributed by atoms with Crippen LogP contribution in [0.15, 0.2) is 48.0 Å². The van der Waals surface area contributed by atoms with Crippen molar-refractivity contribution in [1.82, 2.24) is 4.90 Å². The lowest BCUT2D eigenvalue weighted by atomic mass is 9.95. The molecule has 1 amide bonds. The Hall–Kier alpha value is -3.52. The number of carbonyl (C=O) groups is 2. The molecule has 1 N–H and O–H groups in total. The van der Waals surface area contributed by atoms with Gasteiger partial charge in [-0.15, -0.1) is 0 Å². The Balaban J connectivity index is 1.80. The number of ketones is 1. The lowest BCUT2D eigenvalue weighted by Gasteiger charge is -2.25. The van der Waals surface area contributed by atoms with Crippen molar-refractivity contribution in [2.24, 2.45) is 0 Å². The highest BCUT2D eigenvalue weighted by Gasteiger charge is 2.46. The molecule has 8 heteroatoms. The van der Waals surface area contributed by atoms with E-state index in [9.17, 15) is 14.7 Å². The molecule has 1 atom stereocenters. The molecule has 0 bridgehead atoms. The number of ether oxygens (including phenoxy) is 4. The van der Waals surface area contributed by atoms with Crippen LogP contribution in [0, 0.1) is 0 Å². The molecule has 0 unspecified atom stereocenters. The van der Waals surface area contributed by atoms with Crippen molar-refractivity contribution in [3.63, 3.8) is 0 Å². The van der Waals surface area contributed by atoms with Gasteiger partial charge in [0.25, 0.3) is 11.7 Å². The van der Waals surface area contributed by atoms with Crippen LogP contribution in [0.3, 0.4) is 0 Å². The molecule has 0 saturated carbocycles. The van der Waals surface area contributed by atoms with E-state index >= 15 is 0 Å². The van der Waals surface area contributed by atoms with Crippen molar-refractivity contribution in [1.29, 1.82) is 0 Å². The molecule has 1 saturated heterocycles. The zero-order valence-electron chi connectivity index (χ0n) is 18.7. The molecule has 2 aliphatic heterocycles. The highest BCUT2D eigenvalue weighted by Crippen LogP contribution is 2.41. The molecule has 2 aromatic carbocycles. The third-order valence-electron chi connectivity index (χ3n) is 5.59. The van der Waals surface area contributed by atoms with Crippen molar-refractivity contribution >= 4 is 17.4 Å². The van der Waals surface area contributed by atoms with Gasteiger partial charge in [0.2, 0.25) is 0 Å². The number of nitrogens with zero attached hydrogens (tertiary/aromatic N) is 1. The van der Waals surface area contributed by atoms with Gasteiger partial charge in [-0.1, -0.05) is 12.1 Å². The summed E-state index contributed by atoms with van der Waals surface area (Å²) in [5, 5.41) is 11.2. The van der Waals surface area contributed by atoms with E-state index in [2.05, 4.69) is 0 Å². The van der Waals surface area contributed by atoms with Gasteiger partial charge >= 0.3 is 0 Å². The van der Waals surface area contributed by atoms with Crippen LogP contribution in [0.4, 0.5) is 0 Å². The minimum Gasteiger partial charge on any atom is -0.507 e. The average Bonchev–Trinajstić information content (AvgIpc) is 3.09. The SMILES string of the molecule is CCOc1cccc([C@@H]2C(=C(O)c3ccc4c(c3)OCCO4)C(=O)C(=O)N2CCCOC)c1. The summed E-state index contributed by atoms with van der Waals surface area (Å²) in [6.45, 7) is 3.95. The van der Waals surface area contributed by atoms with Crippen LogP contribution in [-0.2, 0) is 14.3 Å². The largest absolute Gasteiger partial charge is 0.507 e. The van der Waals surface area contributed by atoms with Gasteiger partial charge in [0.15, 0.2) is 11.5 Å². The molecule has 4 rings (SSSR count). The molecule has 174 valence electrons. The second kappa shape index (κ2) is 9.95. The Morgan fingerprint density at radius 2 is 1.91 bits per heavy atom. The minimum atomic E-state index is -0.754. The number of Topliss-reactive ketones (excluding diaryl/α,β-unsaturated/α-hetero) is 1. The Kier molecular flexibility index (Phi) is 6.84. The number of fused-ring (bicyclic) bond motifs is 1. The van der Waals surface area contributed by atoms with Crippen molar-refractivity contribution in [2.75, 3.05) is 40.1 Å². The van der Waals surface area contributed by atoms with Crippen LogP contribution < -0.4 is 14.2 Å². The summed E-state index contributed by atoms with van der Waals surface area (Å²) in [5.41, 5.74) is 1.08. The summed E-state index contributed by atoms with van der Waals surface area (Å²) in [7, 11) is 1.58. The van der Waals surface area contributed by atoms with Gasteiger partial charge in [0.1, 0.15) is 24.7 Å². The first-order valence-corrected chi connectivity index (χ1v) is 10.9. The number of hydrogen-bond donors (Lipinski definition) is 1. The Morgan fingerprint density at radius 3 is 2.67 bits per heavy atom. The molecule has 2 aliphatic rings. The fourth-order valence-corrected chi connectivity index (χ4v) is 4.12. The van der Waals surface area contributed by atoms with Gasteiger partial charge in [0, 0.05) is 25.8 Å². The maximum Gasteiger partial charge on any atom is 0.295 e. The number of methoxy groups -OCH3 is 1. The van der Waals surface area contributed by atoms with Crippen molar-refractivity contribution in [3.8, 4) is 17.2 Å². The van der Waals surface area contributed by atoms with Crippen LogP contribution >= 0.6 is 0 Å². The summed E-state index contributed by atoms with van der Waals surface area (Å²) in [5.74, 6) is 0.0279. The first kappa shape index (κ1) is 22.7. The quantitative estimate of drug-likeness (QED) is 0.284. The zero-order valence-corrected chi connectivity index (χ0v) is 18.7. The van der Waals surface area contributed by atoms with E-state index in [0.29, 0.717) is 67.8 Å². The maximum absolute atomic E-state index is 13.1. The standard InChI is InChI=1S/C25H27NO7/c1-3-31-18-7-4-6-16(14-18)22-21(24(28)25(29)26(22)10-5-11-30-2)23(27)17-8-9-19-20(15-17)33-13-12-32-19/h4,6-9,14-15,22,27H,3,5,10-13H2,1-2H3/t22-/m1/s1. The molecular weight excluding hydrogens is 426 g/mol. The van der Waals surface area contributed by atoms with Crippen molar-refractivity contribution in [3.05, 3.63) is 59.2 Å². The second-order valence-electron chi connectivity index (χ2n) is 7.70. The maximum atomic E-state index is 13.1.